The van der Waals surface area contributed by atoms with Gasteiger partial charge in [-0.15, -0.1) is 0 Å². The number of ether oxygens (including phenoxy) is 1. The lowest BCUT2D eigenvalue weighted by molar-refractivity contribution is -0.117. The van der Waals surface area contributed by atoms with Gasteiger partial charge in [0.1, 0.15) is 11.4 Å². The van der Waals surface area contributed by atoms with Crippen molar-refractivity contribution >= 4 is 35.5 Å². The summed E-state index contributed by atoms with van der Waals surface area (Å²) in [5, 5.41) is 5.44. The van der Waals surface area contributed by atoms with Gasteiger partial charge in [-0.25, -0.2) is 19.6 Å². The first-order chi connectivity index (χ1) is 13.3. The van der Waals surface area contributed by atoms with Crippen LogP contribution in [0, 0.1) is 11.8 Å². The Bertz CT molecular complexity index is 730. The lowest BCUT2D eigenvalue weighted by Crippen LogP contribution is -2.49. The molecule has 3 amide bonds. The van der Waals surface area contributed by atoms with Crippen LogP contribution in [0.5, 0.6) is 0 Å². The molecule has 2 rings (SSSR count). The second kappa shape index (κ2) is 10.3. The normalized spacial score (nSPS) is 21.6. The van der Waals surface area contributed by atoms with Crippen LogP contribution in [0.1, 0.15) is 50.4 Å². The number of hydrogen-bond donors (Lipinski definition) is 3. The van der Waals surface area contributed by atoms with E-state index in [1.165, 1.54) is 6.20 Å². The van der Waals surface area contributed by atoms with Crippen LogP contribution in [-0.4, -0.2) is 46.3 Å². The van der Waals surface area contributed by atoms with Gasteiger partial charge in [-0.2, -0.15) is 0 Å². The van der Waals surface area contributed by atoms with Crippen LogP contribution in [0.2, 0.25) is 0 Å². The van der Waals surface area contributed by atoms with Gasteiger partial charge < -0.3 is 15.8 Å². The number of carbonyl (C=O) groups excluding carboxylic acids is 3. The van der Waals surface area contributed by atoms with E-state index < -0.39 is 17.9 Å². The Morgan fingerprint density at radius 1 is 1.32 bits per heavy atom. The van der Waals surface area contributed by atoms with Gasteiger partial charge in [-0.3, -0.25) is 10.1 Å². The van der Waals surface area contributed by atoms with Gasteiger partial charge in [-0.1, -0.05) is 38.5 Å². The molecule has 1 aromatic heterocycles. The van der Waals surface area contributed by atoms with E-state index >= 15 is 0 Å². The summed E-state index contributed by atoms with van der Waals surface area (Å²) in [6.45, 7) is 6.20. The second-order valence-corrected chi connectivity index (χ2v) is 7.80. The number of urea groups is 1. The number of carbonyl (C=O) groups is 3. The quantitative estimate of drug-likeness (QED) is 0.368. The Balaban J connectivity index is 1.81. The molecule has 4 N–H and O–H groups in total. The fourth-order valence-electron chi connectivity index (χ4n) is 3.10. The van der Waals surface area contributed by atoms with Crippen LogP contribution in [0.25, 0.3) is 0 Å². The van der Waals surface area contributed by atoms with Crippen LogP contribution < -0.4 is 16.4 Å². The topological polar surface area (TPSA) is 136 Å². The molecular formula is C18H27N5O4S. The SMILES string of the molecule is CCOC(=O)c1cnc(SCC(=O)NC(=O)N[C@@H]2CCC[C@H](C)[C@@H]2C)nc1N. The minimum Gasteiger partial charge on any atom is -0.462 e. The zero-order valence-electron chi connectivity index (χ0n) is 16.4. The van der Waals surface area contributed by atoms with Gasteiger partial charge in [0, 0.05) is 12.2 Å². The van der Waals surface area contributed by atoms with E-state index in [1.54, 1.807) is 6.92 Å². The van der Waals surface area contributed by atoms with E-state index in [-0.39, 0.29) is 34.9 Å². The summed E-state index contributed by atoms with van der Waals surface area (Å²) < 4.78 is 4.85. The largest absolute Gasteiger partial charge is 0.462 e. The maximum absolute atomic E-state index is 12.1. The van der Waals surface area contributed by atoms with Crippen molar-refractivity contribution in [3.05, 3.63) is 11.8 Å². The van der Waals surface area contributed by atoms with Gasteiger partial charge in [0.05, 0.1) is 12.4 Å². The molecule has 3 atom stereocenters. The summed E-state index contributed by atoms with van der Waals surface area (Å²) in [5.41, 5.74) is 5.81. The highest BCUT2D eigenvalue weighted by molar-refractivity contribution is 7.99. The molecule has 1 fully saturated rings. The molecule has 0 unspecified atom stereocenters. The first-order valence-electron chi connectivity index (χ1n) is 9.34. The number of hydrogen-bond acceptors (Lipinski definition) is 8. The number of nitrogens with one attached hydrogen (secondary N) is 2. The predicted molar refractivity (Wildman–Crippen MR) is 106 cm³/mol. The third-order valence-electron chi connectivity index (χ3n) is 4.90. The Hall–Kier alpha value is -2.36. The van der Waals surface area contributed by atoms with E-state index in [0.29, 0.717) is 11.8 Å². The zero-order chi connectivity index (χ0) is 20.7. The van der Waals surface area contributed by atoms with Crippen molar-refractivity contribution in [3.63, 3.8) is 0 Å². The van der Waals surface area contributed by atoms with Crippen molar-refractivity contribution in [1.82, 2.24) is 20.6 Å². The van der Waals surface area contributed by atoms with E-state index in [4.69, 9.17) is 10.5 Å². The van der Waals surface area contributed by atoms with E-state index in [2.05, 4.69) is 34.4 Å². The predicted octanol–water partition coefficient (Wildman–Crippen LogP) is 1.98. The molecule has 1 heterocycles. The van der Waals surface area contributed by atoms with Crippen molar-refractivity contribution in [3.8, 4) is 0 Å². The summed E-state index contributed by atoms with van der Waals surface area (Å²) in [5.74, 6) is -0.214. The van der Waals surface area contributed by atoms with Crippen LogP contribution in [-0.2, 0) is 9.53 Å². The zero-order valence-corrected chi connectivity index (χ0v) is 17.2. The highest BCUT2D eigenvalue weighted by atomic mass is 32.2. The van der Waals surface area contributed by atoms with Crippen LogP contribution in [0.4, 0.5) is 10.6 Å². The molecular weight excluding hydrogens is 382 g/mol. The summed E-state index contributed by atoms with van der Waals surface area (Å²) in [4.78, 5) is 43.7. The van der Waals surface area contributed by atoms with E-state index in [0.717, 1.165) is 31.0 Å². The van der Waals surface area contributed by atoms with Crippen LogP contribution in [0.3, 0.4) is 0 Å². The van der Waals surface area contributed by atoms with Gasteiger partial charge >= 0.3 is 12.0 Å². The van der Waals surface area contributed by atoms with Gasteiger partial charge in [-0.05, 0) is 25.2 Å². The third kappa shape index (κ3) is 6.08. The Morgan fingerprint density at radius 2 is 2.07 bits per heavy atom. The lowest BCUT2D eigenvalue weighted by Gasteiger charge is -2.34. The number of esters is 1. The molecule has 0 aliphatic heterocycles. The van der Waals surface area contributed by atoms with Crippen LogP contribution in [0.15, 0.2) is 11.4 Å². The van der Waals surface area contributed by atoms with Gasteiger partial charge in [0.2, 0.25) is 5.91 Å². The minimum absolute atomic E-state index is 0.0190. The van der Waals surface area contributed by atoms with Crippen molar-refractivity contribution < 1.29 is 19.1 Å². The Morgan fingerprint density at radius 3 is 2.75 bits per heavy atom. The molecule has 154 valence electrons. The third-order valence-corrected chi connectivity index (χ3v) is 5.76. The molecule has 0 bridgehead atoms. The summed E-state index contributed by atoms with van der Waals surface area (Å²) in [6, 6.07) is -0.419. The van der Waals surface area contributed by atoms with Crippen molar-refractivity contribution in [2.75, 3.05) is 18.1 Å². The molecule has 0 radical (unpaired) electrons. The molecule has 0 aromatic carbocycles. The standard InChI is InChI=1S/C18H27N5O4S/c1-4-27-16(25)12-8-20-18(23-15(12)19)28-9-14(24)22-17(26)21-13-7-5-6-10(2)11(13)3/h8,10-11,13H,4-7,9H2,1-3H3,(H2,19,20,23)(H2,21,22,24,26)/t10-,11-,13+/m0/s1. The van der Waals surface area contributed by atoms with Crippen molar-refractivity contribution in [2.45, 2.75) is 51.2 Å². The maximum Gasteiger partial charge on any atom is 0.343 e. The summed E-state index contributed by atoms with van der Waals surface area (Å²) in [7, 11) is 0. The molecule has 9 nitrogen and oxygen atoms in total. The minimum atomic E-state index is -0.600. The monoisotopic (exact) mass is 409 g/mol. The number of rotatable bonds is 6. The van der Waals surface area contributed by atoms with E-state index in [1.807, 2.05) is 0 Å². The number of amides is 3. The van der Waals surface area contributed by atoms with Crippen molar-refractivity contribution in [1.29, 1.82) is 0 Å². The maximum atomic E-state index is 12.1. The Labute approximate surface area is 168 Å². The fourth-order valence-corrected chi connectivity index (χ4v) is 3.72. The molecule has 28 heavy (non-hydrogen) atoms. The molecule has 1 aromatic rings. The molecule has 0 spiro atoms. The number of thioether (sulfide) groups is 1. The van der Waals surface area contributed by atoms with Gasteiger partial charge in [0.25, 0.3) is 0 Å². The average Bonchev–Trinajstić information content (AvgIpc) is 2.64. The average molecular weight is 410 g/mol. The first kappa shape index (κ1) is 21.9. The van der Waals surface area contributed by atoms with Crippen molar-refractivity contribution in [2.24, 2.45) is 11.8 Å². The number of imide groups is 1. The number of nitrogens with zero attached hydrogens (tertiary/aromatic N) is 2. The number of anilines is 1. The fraction of sp³-hybridized carbons (Fsp3) is 0.611. The summed E-state index contributed by atoms with van der Waals surface area (Å²) in [6.07, 6.45) is 4.41. The second-order valence-electron chi connectivity index (χ2n) is 6.86. The summed E-state index contributed by atoms with van der Waals surface area (Å²) >= 11 is 1.02. The number of nitrogen functional groups attached to an aromatic ring is 1. The number of aromatic nitrogens is 2. The molecule has 0 saturated heterocycles. The highest BCUT2D eigenvalue weighted by Gasteiger charge is 2.28. The molecule has 10 heteroatoms. The smallest absolute Gasteiger partial charge is 0.343 e. The molecule has 1 aliphatic rings. The van der Waals surface area contributed by atoms with Crippen LogP contribution >= 0.6 is 11.8 Å². The molecule has 1 aliphatic carbocycles. The van der Waals surface area contributed by atoms with E-state index in [9.17, 15) is 14.4 Å². The molecule has 1 saturated carbocycles. The Kier molecular flexibility index (Phi) is 8.04. The highest BCUT2D eigenvalue weighted by Crippen LogP contribution is 2.29. The van der Waals surface area contributed by atoms with Gasteiger partial charge in [0.15, 0.2) is 5.16 Å². The number of nitrogens with two attached hydrogens (primary N) is 1. The lowest BCUT2D eigenvalue weighted by atomic mass is 9.78. The first-order valence-corrected chi connectivity index (χ1v) is 10.3.